The minimum atomic E-state index is -0.690. The fraction of sp³-hybridized carbons (Fsp3) is 0.250. The van der Waals surface area contributed by atoms with Crippen LogP contribution in [-0.4, -0.2) is 23.1 Å². The molecular formula is C12H13N3S2. The molecule has 0 saturated carbocycles. The first-order valence-corrected chi connectivity index (χ1v) is 6.39. The van der Waals surface area contributed by atoms with Gasteiger partial charge in [0.05, 0.1) is 6.54 Å². The van der Waals surface area contributed by atoms with Crippen LogP contribution in [0.5, 0.6) is 0 Å². The molecule has 0 unspecified atom stereocenters. The summed E-state index contributed by atoms with van der Waals surface area (Å²) in [5.41, 5.74) is 3.15. The number of aliphatic imine (C=N–C) groups is 1. The highest BCUT2D eigenvalue weighted by atomic mass is 32.2. The van der Waals surface area contributed by atoms with E-state index in [0.717, 1.165) is 35.7 Å². The van der Waals surface area contributed by atoms with Crippen molar-refractivity contribution >= 4 is 42.9 Å². The van der Waals surface area contributed by atoms with Crippen LogP contribution in [-0.2, 0) is 0 Å². The summed E-state index contributed by atoms with van der Waals surface area (Å²) in [6.07, 6.45) is 2.09. The zero-order valence-electron chi connectivity index (χ0n) is 9.14. The van der Waals surface area contributed by atoms with Crippen LogP contribution in [0.2, 0.25) is 0 Å². The van der Waals surface area contributed by atoms with Gasteiger partial charge in [-0.3, -0.25) is 4.99 Å². The second-order valence-corrected chi connectivity index (χ2v) is 5.79. The van der Waals surface area contributed by atoms with Gasteiger partial charge in [-0.05, 0) is 17.7 Å². The number of nitrogens with zero attached hydrogens (tertiary/aromatic N) is 1. The topological polar surface area (TPSA) is 36.4 Å². The Morgan fingerprint density at radius 3 is 2.82 bits per heavy atom. The maximum atomic E-state index is 4.58. The second-order valence-electron chi connectivity index (χ2n) is 4.10. The van der Waals surface area contributed by atoms with Crippen LogP contribution in [0.25, 0.3) is 6.08 Å². The predicted octanol–water partition coefficient (Wildman–Crippen LogP) is 2.01. The third kappa shape index (κ3) is 1.93. The van der Waals surface area contributed by atoms with E-state index < -0.39 is 4.20 Å². The molecule has 0 fully saturated rings. The number of anilines is 1. The lowest BCUT2D eigenvalue weighted by molar-refractivity contribution is 0.955. The highest BCUT2D eigenvalue weighted by Gasteiger charge is 2.33. The van der Waals surface area contributed by atoms with E-state index in [1.165, 1.54) is 0 Å². The zero-order valence-corrected chi connectivity index (χ0v) is 10.9. The maximum absolute atomic E-state index is 4.58. The van der Waals surface area contributed by atoms with Crippen molar-refractivity contribution in [1.29, 1.82) is 0 Å². The molecule has 0 atom stereocenters. The van der Waals surface area contributed by atoms with Crippen molar-refractivity contribution < 1.29 is 0 Å². The number of amidine groups is 1. The molecule has 17 heavy (non-hydrogen) atoms. The van der Waals surface area contributed by atoms with E-state index in [4.69, 9.17) is 0 Å². The first kappa shape index (κ1) is 11.0. The van der Waals surface area contributed by atoms with E-state index in [9.17, 15) is 0 Å². The first-order valence-electron chi connectivity index (χ1n) is 5.50. The Morgan fingerprint density at radius 1 is 1.24 bits per heavy atom. The van der Waals surface area contributed by atoms with Gasteiger partial charge in [0.2, 0.25) is 0 Å². The number of rotatable bonds is 1. The van der Waals surface area contributed by atoms with Crippen LogP contribution in [0.15, 0.2) is 34.8 Å². The van der Waals surface area contributed by atoms with Crippen molar-refractivity contribution in [3.8, 4) is 0 Å². The van der Waals surface area contributed by atoms with Crippen LogP contribution in [0.1, 0.15) is 5.56 Å². The SMILES string of the molecule is SC1(S)Nc2ccccc2C=C1C1=NCCN1. The number of nitrogens with one attached hydrogen (secondary N) is 2. The molecule has 1 aromatic rings. The standard InChI is InChI=1S/C12H13N3S2/c16-12(17)9(11-13-5-6-14-11)7-8-3-1-2-4-10(8)15-12/h1-4,7,15-17H,5-6H2,(H,13,14). The van der Waals surface area contributed by atoms with Gasteiger partial charge in [0, 0.05) is 17.8 Å². The van der Waals surface area contributed by atoms with Crippen LogP contribution in [0.3, 0.4) is 0 Å². The Kier molecular flexibility index (Phi) is 2.60. The van der Waals surface area contributed by atoms with Gasteiger partial charge < -0.3 is 10.6 Å². The molecule has 2 heterocycles. The largest absolute Gasteiger partial charge is 0.368 e. The fourth-order valence-corrected chi connectivity index (χ4v) is 2.64. The van der Waals surface area contributed by atoms with Crippen molar-refractivity contribution in [3.63, 3.8) is 0 Å². The Bertz CT molecular complexity index is 520. The molecule has 0 aliphatic carbocycles. The smallest absolute Gasteiger partial charge is 0.155 e. The van der Waals surface area contributed by atoms with Gasteiger partial charge in [0.15, 0.2) is 4.20 Å². The van der Waals surface area contributed by atoms with Gasteiger partial charge in [-0.15, -0.1) is 25.3 Å². The monoisotopic (exact) mass is 263 g/mol. The quantitative estimate of drug-likeness (QED) is 0.462. The molecule has 2 aliphatic heterocycles. The summed E-state index contributed by atoms with van der Waals surface area (Å²) in [7, 11) is 0. The maximum Gasteiger partial charge on any atom is 0.155 e. The lowest BCUT2D eigenvalue weighted by Gasteiger charge is -2.33. The number of hydrogen-bond donors (Lipinski definition) is 4. The Hall–Kier alpha value is -1.07. The summed E-state index contributed by atoms with van der Waals surface area (Å²) in [6.45, 7) is 1.69. The van der Waals surface area contributed by atoms with Gasteiger partial charge in [-0.2, -0.15) is 0 Å². The summed E-state index contributed by atoms with van der Waals surface area (Å²) in [6, 6.07) is 8.10. The van der Waals surface area contributed by atoms with Gasteiger partial charge >= 0.3 is 0 Å². The van der Waals surface area contributed by atoms with Crippen molar-refractivity contribution in [2.75, 3.05) is 18.4 Å². The second kappa shape index (κ2) is 3.99. The van der Waals surface area contributed by atoms with Crippen molar-refractivity contribution in [2.45, 2.75) is 4.20 Å². The van der Waals surface area contributed by atoms with Gasteiger partial charge in [0.1, 0.15) is 5.84 Å². The highest BCUT2D eigenvalue weighted by Crippen LogP contribution is 2.38. The molecule has 2 N–H and O–H groups in total. The van der Waals surface area contributed by atoms with Gasteiger partial charge in [0.25, 0.3) is 0 Å². The van der Waals surface area contributed by atoms with Crippen LogP contribution in [0, 0.1) is 0 Å². The lowest BCUT2D eigenvalue weighted by atomic mass is 10.0. The lowest BCUT2D eigenvalue weighted by Crippen LogP contribution is -2.38. The van der Waals surface area contributed by atoms with Crippen molar-refractivity contribution in [1.82, 2.24) is 5.32 Å². The molecule has 0 radical (unpaired) electrons. The molecule has 0 amide bonds. The van der Waals surface area contributed by atoms with Gasteiger partial charge in [-0.25, -0.2) is 0 Å². The number of fused-ring (bicyclic) bond motifs is 1. The summed E-state index contributed by atoms with van der Waals surface area (Å²) < 4.78 is -0.690. The van der Waals surface area contributed by atoms with Gasteiger partial charge in [-0.1, -0.05) is 18.2 Å². The average Bonchev–Trinajstić information content (AvgIpc) is 2.80. The van der Waals surface area contributed by atoms with Crippen LogP contribution < -0.4 is 10.6 Å². The number of thiol groups is 2. The van der Waals surface area contributed by atoms with E-state index in [1.807, 2.05) is 18.2 Å². The average molecular weight is 263 g/mol. The van der Waals surface area contributed by atoms with E-state index in [0.29, 0.717) is 0 Å². The Morgan fingerprint density at radius 2 is 2.06 bits per heavy atom. The van der Waals surface area contributed by atoms with E-state index in [2.05, 4.69) is 53.0 Å². The zero-order chi connectivity index (χ0) is 11.9. The van der Waals surface area contributed by atoms with E-state index >= 15 is 0 Å². The third-order valence-electron chi connectivity index (χ3n) is 2.87. The molecule has 1 aromatic carbocycles. The van der Waals surface area contributed by atoms with Crippen LogP contribution >= 0.6 is 25.3 Å². The third-order valence-corrected chi connectivity index (χ3v) is 3.58. The van der Waals surface area contributed by atoms with Crippen molar-refractivity contribution in [2.24, 2.45) is 4.99 Å². The molecule has 2 aliphatic rings. The Labute approximate surface area is 111 Å². The molecular weight excluding hydrogens is 250 g/mol. The number of para-hydroxylation sites is 1. The van der Waals surface area contributed by atoms with Crippen LogP contribution in [0.4, 0.5) is 5.69 Å². The summed E-state index contributed by atoms with van der Waals surface area (Å²) in [5.74, 6) is 0.886. The molecule has 0 spiro atoms. The predicted molar refractivity (Wildman–Crippen MR) is 79.0 cm³/mol. The van der Waals surface area contributed by atoms with Crippen molar-refractivity contribution in [3.05, 3.63) is 35.4 Å². The Balaban J connectivity index is 2.09. The molecule has 0 bridgehead atoms. The first-order chi connectivity index (χ1) is 8.17. The summed E-state index contributed by atoms with van der Waals surface area (Å²) in [5, 5.41) is 6.56. The minimum absolute atomic E-state index is 0.690. The van der Waals surface area contributed by atoms with E-state index in [-0.39, 0.29) is 0 Å². The summed E-state index contributed by atoms with van der Waals surface area (Å²) in [4.78, 5) is 4.43. The summed E-state index contributed by atoms with van der Waals surface area (Å²) >= 11 is 9.15. The molecule has 3 rings (SSSR count). The molecule has 0 saturated heterocycles. The molecule has 88 valence electrons. The normalized spacial score (nSPS) is 20.8. The highest BCUT2D eigenvalue weighted by molar-refractivity contribution is 8.01. The number of hydrogen-bond acceptors (Lipinski definition) is 5. The fourth-order valence-electron chi connectivity index (χ4n) is 2.06. The number of benzene rings is 1. The molecule has 3 nitrogen and oxygen atoms in total. The molecule has 5 heteroatoms. The molecule has 0 aromatic heterocycles. The minimum Gasteiger partial charge on any atom is -0.368 e. The van der Waals surface area contributed by atoms with E-state index in [1.54, 1.807) is 0 Å².